The normalized spacial score (nSPS) is 14.9. The van der Waals surface area contributed by atoms with Crippen molar-refractivity contribution in [1.29, 1.82) is 0 Å². The molecule has 0 spiro atoms. The summed E-state index contributed by atoms with van der Waals surface area (Å²) in [6, 6.07) is 0.370. The maximum atomic E-state index is 12.2. The van der Waals surface area contributed by atoms with Gasteiger partial charge in [0.15, 0.2) is 0 Å². The zero-order valence-corrected chi connectivity index (χ0v) is 14.0. The average Bonchev–Trinajstić information content (AvgIpc) is 3.14. The standard InChI is InChI=1S/C15H27N5O2/c1-15(2,3)22-14(21)20(13-6-7-13)9-5-8-16-10-12-11-19(4)18-17-12/h11,13,16H,5-10H2,1-4H3. The van der Waals surface area contributed by atoms with Crippen molar-refractivity contribution < 1.29 is 9.53 Å². The van der Waals surface area contributed by atoms with Crippen LogP contribution in [0.3, 0.4) is 0 Å². The van der Waals surface area contributed by atoms with Crippen molar-refractivity contribution >= 4 is 6.09 Å². The summed E-state index contributed by atoms with van der Waals surface area (Å²) in [5.41, 5.74) is 0.489. The first kappa shape index (κ1) is 16.7. The summed E-state index contributed by atoms with van der Waals surface area (Å²) in [5.74, 6) is 0. The van der Waals surface area contributed by atoms with Crippen LogP contribution in [0.25, 0.3) is 0 Å². The predicted octanol–water partition coefficient (Wildman–Crippen LogP) is 1.69. The van der Waals surface area contributed by atoms with Gasteiger partial charge in [-0.15, -0.1) is 5.10 Å². The molecule has 0 bridgehead atoms. The van der Waals surface area contributed by atoms with E-state index in [1.807, 2.05) is 38.9 Å². The SMILES string of the molecule is Cn1cc(CNCCCN(C(=O)OC(C)(C)C)C2CC2)nn1. The Morgan fingerprint density at radius 1 is 1.50 bits per heavy atom. The Bertz CT molecular complexity index is 490. The van der Waals surface area contributed by atoms with Crippen LogP contribution >= 0.6 is 0 Å². The first-order valence-corrected chi connectivity index (χ1v) is 7.91. The third-order valence-electron chi connectivity index (χ3n) is 3.32. The van der Waals surface area contributed by atoms with Crippen molar-refractivity contribution in [3.63, 3.8) is 0 Å². The summed E-state index contributed by atoms with van der Waals surface area (Å²) >= 11 is 0. The van der Waals surface area contributed by atoms with Crippen molar-refractivity contribution in [2.45, 2.75) is 58.2 Å². The topological polar surface area (TPSA) is 72.3 Å². The van der Waals surface area contributed by atoms with Crippen LogP contribution in [0.15, 0.2) is 6.20 Å². The number of aryl methyl sites for hydroxylation is 1. The first-order chi connectivity index (χ1) is 10.3. The zero-order chi connectivity index (χ0) is 16.2. The van der Waals surface area contributed by atoms with Crippen LogP contribution < -0.4 is 5.32 Å². The molecule has 22 heavy (non-hydrogen) atoms. The molecule has 7 nitrogen and oxygen atoms in total. The molecular formula is C15H27N5O2. The molecule has 1 N–H and O–H groups in total. The molecule has 7 heteroatoms. The van der Waals surface area contributed by atoms with Gasteiger partial charge in [-0.25, -0.2) is 4.79 Å². The molecule has 0 aliphatic heterocycles. The van der Waals surface area contributed by atoms with Gasteiger partial charge in [0.25, 0.3) is 0 Å². The van der Waals surface area contributed by atoms with E-state index in [9.17, 15) is 4.79 Å². The molecule has 0 unspecified atom stereocenters. The maximum Gasteiger partial charge on any atom is 0.410 e. The lowest BCUT2D eigenvalue weighted by Gasteiger charge is -2.27. The molecule has 1 aromatic heterocycles. The molecule has 1 amide bonds. The zero-order valence-electron chi connectivity index (χ0n) is 14.0. The summed E-state index contributed by atoms with van der Waals surface area (Å²) in [4.78, 5) is 14.1. The van der Waals surface area contributed by atoms with E-state index < -0.39 is 5.60 Å². The first-order valence-electron chi connectivity index (χ1n) is 7.91. The van der Waals surface area contributed by atoms with Crippen molar-refractivity contribution in [3.05, 3.63) is 11.9 Å². The summed E-state index contributed by atoms with van der Waals surface area (Å²) in [6.45, 7) is 7.97. The molecule has 1 aliphatic rings. The van der Waals surface area contributed by atoms with Crippen LogP contribution in [0, 0.1) is 0 Å². The number of aromatic nitrogens is 3. The second-order valence-corrected chi connectivity index (χ2v) is 6.82. The highest BCUT2D eigenvalue weighted by atomic mass is 16.6. The summed E-state index contributed by atoms with van der Waals surface area (Å²) < 4.78 is 7.16. The van der Waals surface area contributed by atoms with E-state index in [0.29, 0.717) is 12.6 Å². The van der Waals surface area contributed by atoms with Crippen molar-refractivity contribution in [2.24, 2.45) is 7.05 Å². The second kappa shape index (κ2) is 7.09. The number of carbonyl (C=O) groups is 1. The van der Waals surface area contributed by atoms with Crippen molar-refractivity contribution in [2.75, 3.05) is 13.1 Å². The van der Waals surface area contributed by atoms with E-state index in [2.05, 4.69) is 15.6 Å². The Morgan fingerprint density at radius 3 is 2.77 bits per heavy atom. The lowest BCUT2D eigenvalue weighted by atomic mass is 10.2. The predicted molar refractivity (Wildman–Crippen MR) is 83.3 cm³/mol. The number of nitrogens with one attached hydrogen (secondary N) is 1. The van der Waals surface area contributed by atoms with Crippen LogP contribution in [0.4, 0.5) is 4.79 Å². The fourth-order valence-electron chi connectivity index (χ4n) is 2.20. The minimum absolute atomic E-state index is 0.191. The number of carbonyl (C=O) groups excluding carboxylic acids is 1. The Kier molecular flexibility index (Phi) is 5.39. The fraction of sp³-hybridized carbons (Fsp3) is 0.800. The highest BCUT2D eigenvalue weighted by Crippen LogP contribution is 2.28. The summed E-state index contributed by atoms with van der Waals surface area (Å²) in [5, 5.41) is 11.2. The van der Waals surface area contributed by atoms with E-state index in [1.165, 1.54) is 0 Å². The molecular weight excluding hydrogens is 282 g/mol. The molecule has 1 saturated carbocycles. The summed E-state index contributed by atoms with van der Waals surface area (Å²) in [6.07, 6.45) is 4.78. The largest absolute Gasteiger partial charge is 0.444 e. The van der Waals surface area contributed by atoms with E-state index in [1.54, 1.807) is 4.68 Å². The van der Waals surface area contributed by atoms with E-state index in [0.717, 1.165) is 38.0 Å². The number of hydrogen-bond acceptors (Lipinski definition) is 5. The van der Waals surface area contributed by atoms with E-state index in [4.69, 9.17) is 4.74 Å². The van der Waals surface area contributed by atoms with Gasteiger partial charge in [-0.05, 0) is 46.6 Å². The van der Waals surface area contributed by atoms with Gasteiger partial charge in [-0.2, -0.15) is 0 Å². The number of hydrogen-bond donors (Lipinski definition) is 1. The molecule has 0 saturated heterocycles. The molecule has 124 valence electrons. The summed E-state index contributed by atoms with van der Waals surface area (Å²) in [7, 11) is 1.85. The number of amides is 1. The van der Waals surface area contributed by atoms with E-state index >= 15 is 0 Å². The Morgan fingerprint density at radius 2 is 2.23 bits per heavy atom. The van der Waals surface area contributed by atoms with Crippen LogP contribution in [0.2, 0.25) is 0 Å². The smallest absolute Gasteiger partial charge is 0.410 e. The van der Waals surface area contributed by atoms with Gasteiger partial charge < -0.3 is 15.0 Å². The minimum Gasteiger partial charge on any atom is -0.444 e. The lowest BCUT2D eigenvalue weighted by molar-refractivity contribution is 0.0232. The third kappa shape index (κ3) is 5.63. The molecule has 0 radical (unpaired) electrons. The highest BCUT2D eigenvalue weighted by molar-refractivity contribution is 5.69. The molecule has 0 aromatic carbocycles. The van der Waals surface area contributed by atoms with Crippen molar-refractivity contribution in [1.82, 2.24) is 25.2 Å². The number of nitrogens with zero attached hydrogens (tertiary/aromatic N) is 4. The monoisotopic (exact) mass is 309 g/mol. The quantitative estimate of drug-likeness (QED) is 0.776. The number of ether oxygens (including phenoxy) is 1. The molecule has 2 rings (SSSR count). The molecule has 1 fully saturated rings. The number of rotatable bonds is 7. The van der Waals surface area contributed by atoms with Crippen LogP contribution in [0.5, 0.6) is 0 Å². The van der Waals surface area contributed by atoms with Gasteiger partial charge in [0.1, 0.15) is 5.60 Å². The van der Waals surface area contributed by atoms with Gasteiger partial charge in [-0.1, -0.05) is 5.21 Å². The van der Waals surface area contributed by atoms with Gasteiger partial charge in [0.05, 0.1) is 5.69 Å². The van der Waals surface area contributed by atoms with Crippen LogP contribution in [-0.2, 0) is 18.3 Å². The third-order valence-corrected chi connectivity index (χ3v) is 3.32. The molecule has 1 aliphatic carbocycles. The molecule has 1 aromatic rings. The highest BCUT2D eigenvalue weighted by Gasteiger charge is 2.34. The molecule has 1 heterocycles. The average molecular weight is 309 g/mol. The Labute approximate surface area is 132 Å². The van der Waals surface area contributed by atoms with Crippen LogP contribution in [0.1, 0.15) is 45.7 Å². The Hall–Kier alpha value is -1.63. The molecule has 0 atom stereocenters. The Balaban J connectivity index is 1.67. The fourth-order valence-corrected chi connectivity index (χ4v) is 2.20. The van der Waals surface area contributed by atoms with E-state index in [-0.39, 0.29) is 6.09 Å². The maximum absolute atomic E-state index is 12.2. The van der Waals surface area contributed by atoms with Gasteiger partial charge >= 0.3 is 6.09 Å². The van der Waals surface area contributed by atoms with Crippen molar-refractivity contribution in [3.8, 4) is 0 Å². The van der Waals surface area contributed by atoms with Crippen LogP contribution in [-0.4, -0.2) is 50.7 Å². The lowest BCUT2D eigenvalue weighted by Crippen LogP contribution is -2.39. The minimum atomic E-state index is -0.436. The van der Waals surface area contributed by atoms with Gasteiger partial charge in [0.2, 0.25) is 0 Å². The second-order valence-electron chi connectivity index (χ2n) is 6.82. The van der Waals surface area contributed by atoms with Gasteiger partial charge in [0, 0.05) is 32.4 Å². The van der Waals surface area contributed by atoms with Gasteiger partial charge in [-0.3, -0.25) is 4.68 Å².